The molecule has 0 radical (unpaired) electrons. The van der Waals surface area contributed by atoms with E-state index in [9.17, 15) is 5.48 Å². The molecule has 0 atom stereocenters. The maximum Gasteiger partial charge on any atom is 0.0629 e. The van der Waals surface area contributed by atoms with Crippen molar-refractivity contribution in [3.05, 3.63) is 158 Å². The summed E-state index contributed by atoms with van der Waals surface area (Å²) >= 11 is 0. The lowest BCUT2D eigenvalue weighted by atomic mass is 9.84. The third-order valence-electron chi connectivity index (χ3n) is 7.71. The Labute approximate surface area is 245 Å². The molecule has 8 rings (SSSR count). The molecule has 40 heavy (non-hydrogen) atoms. The van der Waals surface area contributed by atoms with E-state index in [0.29, 0.717) is 22.3 Å². The molecular formula is C40H26. The number of fused-ring (bicyclic) bond motifs is 4. The zero-order valence-electron chi connectivity index (χ0n) is 29.4. The van der Waals surface area contributed by atoms with Gasteiger partial charge in [0.15, 0.2) is 0 Å². The Kier molecular flexibility index (Phi) is 3.70. The van der Waals surface area contributed by atoms with Crippen LogP contribution >= 0.6 is 0 Å². The Morgan fingerprint density at radius 1 is 0.325 bits per heavy atom. The number of hydrogen-bond acceptors (Lipinski definition) is 0. The van der Waals surface area contributed by atoms with E-state index in [1.807, 2.05) is 91.0 Å². The van der Waals surface area contributed by atoms with E-state index in [1.165, 1.54) is 0 Å². The zero-order chi connectivity index (χ0) is 33.4. The van der Waals surface area contributed by atoms with Crippen molar-refractivity contribution in [2.45, 2.75) is 0 Å². The van der Waals surface area contributed by atoms with Crippen molar-refractivity contribution in [1.29, 1.82) is 0 Å². The van der Waals surface area contributed by atoms with Gasteiger partial charge >= 0.3 is 0 Å². The fraction of sp³-hybridized carbons (Fsp3) is 0. The van der Waals surface area contributed by atoms with Crippen LogP contribution in [0.25, 0.3) is 76.5 Å². The van der Waals surface area contributed by atoms with Crippen molar-refractivity contribution in [1.82, 2.24) is 0 Å². The van der Waals surface area contributed by atoms with Crippen LogP contribution in [0.1, 0.15) is 11.0 Å². The highest BCUT2D eigenvalue weighted by Crippen LogP contribution is 2.45. The van der Waals surface area contributed by atoms with E-state index in [0.717, 1.165) is 32.7 Å². The lowest BCUT2D eigenvalue weighted by Gasteiger charge is -2.19. The van der Waals surface area contributed by atoms with Gasteiger partial charge in [-0.05, 0) is 76.5 Å². The van der Waals surface area contributed by atoms with Crippen molar-refractivity contribution in [3.63, 3.8) is 0 Å². The molecule has 0 bridgehead atoms. The average Bonchev–Trinajstić information content (AvgIpc) is 3.13. The molecule has 0 spiro atoms. The minimum Gasteiger partial charge on any atom is -0.0616 e. The fourth-order valence-corrected chi connectivity index (χ4v) is 5.92. The standard InChI is InChI=1S/C40H26/c1-3-15-31-27(11-1)13-9-21-32(31)29-23-25-30(26-24-29)39-35-17-5-7-19-37(35)40(38-20-8-6-18-36(38)39)34-22-10-14-28-12-2-4-16-33(28)34/h1-26H/i5D,6D,7D,8D,17D,18D,19D,20D. The van der Waals surface area contributed by atoms with Gasteiger partial charge in [-0.2, -0.15) is 0 Å². The van der Waals surface area contributed by atoms with Crippen LogP contribution in [0.15, 0.2) is 158 Å². The molecule has 0 fully saturated rings. The van der Waals surface area contributed by atoms with Crippen LogP contribution in [-0.4, -0.2) is 0 Å². The van der Waals surface area contributed by atoms with Crippen LogP contribution in [0, 0.1) is 0 Å². The zero-order valence-corrected chi connectivity index (χ0v) is 21.4. The van der Waals surface area contributed by atoms with Gasteiger partial charge in [-0.25, -0.2) is 0 Å². The first-order valence-electron chi connectivity index (χ1n) is 17.2. The molecule has 0 aliphatic heterocycles. The third kappa shape index (κ3) is 3.54. The number of rotatable bonds is 3. The van der Waals surface area contributed by atoms with Crippen LogP contribution in [0.4, 0.5) is 0 Å². The molecule has 186 valence electrons. The Bertz CT molecular complexity index is 2550. The van der Waals surface area contributed by atoms with E-state index in [-0.39, 0.29) is 45.7 Å². The Hall–Kier alpha value is -5.20. The molecule has 8 aromatic carbocycles. The lowest BCUT2D eigenvalue weighted by Crippen LogP contribution is -1.91. The van der Waals surface area contributed by atoms with Gasteiger partial charge in [0.25, 0.3) is 0 Å². The molecule has 0 aromatic heterocycles. The smallest absolute Gasteiger partial charge is 0.0616 e. The van der Waals surface area contributed by atoms with Crippen molar-refractivity contribution in [3.8, 4) is 33.4 Å². The molecular weight excluding hydrogens is 480 g/mol. The molecule has 0 heterocycles. The van der Waals surface area contributed by atoms with Crippen LogP contribution < -0.4 is 0 Å². The summed E-state index contributed by atoms with van der Waals surface area (Å²) in [6.07, 6.45) is 0. The monoisotopic (exact) mass is 514 g/mol. The van der Waals surface area contributed by atoms with Gasteiger partial charge in [-0.3, -0.25) is 0 Å². The van der Waals surface area contributed by atoms with E-state index in [1.54, 1.807) is 0 Å². The summed E-state index contributed by atoms with van der Waals surface area (Å²) in [4.78, 5) is 0. The molecule has 0 amide bonds. The van der Waals surface area contributed by atoms with Gasteiger partial charge in [-0.1, -0.05) is 158 Å². The second kappa shape index (κ2) is 9.22. The summed E-state index contributed by atoms with van der Waals surface area (Å²) in [5.41, 5.74) is 3.87. The van der Waals surface area contributed by atoms with Crippen LogP contribution in [0.3, 0.4) is 0 Å². The van der Waals surface area contributed by atoms with Crippen LogP contribution in [0.2, 0.25) is 0 Å². The normalized spacial score (nSPS) is 14.3. The summed E-state index contributed by atoms with van der Waals surface area (Å²) in [7, 11) is 0. The van der Waals surface area contributed by atoms with E-state index >= 15 is 0 Å². The number of hydrogen-bond donors (Lipinski definition) is 0. The molecule has 0 unspecified atom stereocenters. The van der Waals surface area contributed by atoms with Crippen molar-refractivity contribution in [2.24, 2.45) is 0 Å². The van der Waals surface area contributed by atoms with Gasteiger partial charge in [0, 0.05) is 0 Å². The highest BCUT2D eigenvalue weighted by atomic mass is 14.2. The maximum atomic E-state index is 9.22. The predicted octanol–water partition coefficient (Wildman–Crippen LogP) is 11.3. The van der Waals surface area contributed by atoms with Gasteiger partial charge in [0.1, 0.15) is 0 Å². The first-order valence-corrected chi connectivity index (χ1v) is 13.2. The highest BCUT2D eigenvalue weighted by molar-refractivity contribution is 6.23. The summed E-state index contributed by atoms with van der Waals surface area (Å²) < 4.78 is 71.6. The fourth-order valence-electron chi connectivity index (χ4n) is 5.92. The summed E-state index contributed by atoms with van der Waals surface area (Å²) in [5.74, 6) is 0. The second-order valence-electron chi connectivity index (χ2n) is 9.88. The topological polar surface area (TPSA) is 0 Å². The SMILES string of the molecule is [2H]c1c([2H])c([2H])c2c(-c3cccc4ccccc34)c3c([2H])c([2H])c([2H])c([2H])c3c(-c3ccc(-c4cccc5ccccc45)cc3)c2c1[2H]. The predicted molar refractivity (Wildman–Crippen MR) is 173 cm³/mol. The minimum atomic E-state index is -0.412. The first-order chi connectivity index (χ1) is 23.2. The quantitative estimate of drug-likeness (QED) is 0.206. The largest absolute Gasteiger partial charge is 0.0629 e. The van der Waals surface area contributed by atoms with Crippen LogP contribution in [0.5, 0.6) is 0 Å². The van der Waals surface area contributed by atoms with Gasteiger partial charge in [-0.15, -0.1) is 0 Å². The minimum absolute atomic E-state index is 0.208. The molecule has 0 aliphatic rings. The van der Waals surface area contributed by atoms with Crippen LogP contribution in [-0.2, 0) is 0 Å². The Balaban J connectivity index is 1.56. The molecule has 0 saturated carbocycles. The van der Waals surface area contributed by atoms with Crippen molar-refractivity contribution < 1.29 is 11.0 Å². The van der Waals surface area contributed by atoms with E-state index in [4.69, 9.17) is 5.48 Å². The maximum absolute atomic E-state index is 9.22. The van der Waals surface area contributed by atoms with Crippen molar-refractivity contribution in [2.75, 3.05) is 0 Å². The highest BCUT2D eigenvalue weighted by Gasteiger charge is 2.17. The number of benzene rings is 8. The summed E-state index contributed by atoms with van der Waals surface area (Å²) in [6, 6.07) is 32.4. The summed E-state index contributed by atoms with van der Waals surface area (Å²) in [6.45, 7) is 0. The molecule has 0 saturated heterocycles. The van der Waals surface area contributed by atoms with Crippen molar-refractivity contribution >= 4 is 43.1 Å². The second-order valence-corrected chi connectivity index (χ2v) is 9.88. The van der Waals surface area contributed by atoms with E-state index in [2.05, 4.69) is 18.2 Å². The molecule has 0 N–H and O–H groups in total. The first kappa shape index (κ1) is 16.0. The third-order valence-corrected chi connectivity index (χ3v) is 7.71. The summed E-state index contributed by atoms with van der Waals surface area (Å²) in [5, 5.41) is 4.73. The van der Waals surface area contributed by atoms with Gasteiger partial charge in [0.2, 0.25) is 0 Å². The molecule has 0 aliphatic carbocycles. The lowest BCUT2D eigenvalue weighted by molar-refractivity contribution is 1.63. The Morgan fingerprint density at radius 3 is 1.32 bits per heavy atom. The average molecular weight is 515 g/mol. The molecule has 8 aromatic rings. The van der Waals surface area contributed by atoms with Gasteiger partial charge in [0.05, 0.1) is 11.0 Å². The molecule has 0 heteroatoms. The molecule has 0 nitrogen and oxygen atoms in total. The Morgan fingerprint density at radius 2 is 0.750 bits per heavy atom. The van der Waals surface area contributed by atoms with Gasteiger partial charge < -0.3 is 0 Å². The van der Waals surface area contributed by atoms with E-state index < -0.39 is 24.2 Å².